The Morgan fingerprint density at radius 3 is 1.86 bits per heavy atom. The van der Waals surface area contributed by atoms with Crippen LogP contribution in [0.3, 0.4) is 0 Å². The van der Waals surface area contributed by atoms with Gasteiger partial charge in [0.15, 0.2) is 0 Å². The van der Waals surface area contributed by atoms with Crippen LogP contribution in [0.25, 0.3) is 0 Å². The van der Waals surface area contributed by atoms with Crippen LogP contribution in [0, 0.1) is 0 Å². The highest BCUT2D eigenvalue weighted by Gasteiger charge is 2.37. The highest BCUT2D eigenvalue weighted by molar-refractivity contribution is 6.05. The molecule has 1 aliphatic rings. The number of methoxy groups -OCH3 is 1. The molecule has 0 atom stereocenters. The van der Waals surface area contributed by atoms with Crippen molar-refractivity contribution in [1.82, 2.24) is 10.6 Å². The van der Waals surface area contributed by atoms with Crippen molar-refractivity contribution >= 4 is 29.4 Å². The number of esters is 1. The summed E-state index contributed by atoms with van der Waals surface area (Å²) < 4.78 is 4.43. The van der Waals surface area contributed by atoms with Crippen molar-refractivity contribution in [2.24, 2.45) is 0 Å². The Morgan fingerprint density at radius 2 is 1.30 bits per heavy atom. The summed E-state index contributed by atoms with van der Waals surface area (Å²) in [6.07, 6.45) is 2.21. The van der Waals surface area contributed by atoms with E-state index < -0.39 is 17.8 Å². The highest BCUT2D eigenvalue weighted by atomic mass is 16.5. The van der Waals surface area contributed by atoms with Gasteiger partial charge in [0.05, 0.1) is 13.7 Å². The molecule has 0 spiro atoms. The lowest BCUT2D eigenvalue weighted by molar-refractivity contribution is -0.141. The Bertz CT molecular complexity index is 1140. The maximum Gasteiger partial charge on any atom is 0.325 e. The highest BCUT2D eigenvalue weighted by Crippen LogP contribution is 2.46. The number of ether oxygens (including phenoxy) is 1. The number of nitrogens with one attached hydrogen (secondary N) is 3. The molecule has 8 nitrogen and oxygen atoms in total. The Balaban J connectivity index is 0.00000235. The van der Waals surface area contributed by atoms with Crippen molar-refractivity contribution in [1.29, 1.82) is 0 Å². The molecular weight excluding hydrogens is 470 g/mol. The minimum Gasteiger partial charge on any atom is -0.468 e. The summed E-state index contributed by atoms with van der Waals surface area (Å²) in [7, 11) is 1.22. The lowest BCUT2D eigenvalue weighted by Crippen LogP contribution is -2.39. The van der Waals surface area contributed by atoms with E-state index in [0.717, 1.165) is 18.5 Å². The second-order valence-corrected chi connectivity index (χ2v) is 10.1. The molecule has 3 N–H and O–H groups in total. The zero-order chi connectivity index (χ0) is 27.8. The van der Waals surface area contributed by atoms with E-state index >= 15 is 0 Å². The van der Waals surface area contributed by atoms with Crippen LogP contribution in [-0.2, 0) is 25.2 Å². The Labute approximate surface area is 219 Å². The fourth-order valence-electron chi connectivity index (χ4n) is 4.21. The molecule has 37 heavy (non-hydrogen) atoms. The van der Waals surface area contributed by atoms with Gasteiger partial charge >= 0.3 is 5.97 Å². The average Bonchev–Trinajstić information content (AvgIpc) is 2.89. The minimum atomic E-state index is -0.582. The number of anilines is 1. The van der Waals surface area contributed by atoms with Crippen molar-refractivity contribution in [2.75, 3.05) is 25.5 Å². The topological polar surface area (TPSA) is 114 Å². The zero-order valence-electron chi connectivity index (χ0n) is 22.9. The molecule has 3 amide bonds. The minimum absolute atomic E-state index is 0.0385. The van der Waals surface area contributed by atoms with Gasteiger partial charge in [-0.2, -0.15) is 0 Å². The van der Waals surface area contributed by atoms with Gasteiger partial charge in [0.25, 0.3) is 11.8 Å². The van der Waals surface area contributed by atoms with Gasteiger partial charge in [-0.15, -0.1) is 0 Å². The predicted octanol–water partition coefficient (Wildman–Crippen LogP) is 4.33. The monoisotopic (exact) mass is 509 g/mol. The smallest absolute Gasteiger partial charge is 0.325 e. The summed E-state index contributed by atoms with van der Waals surface area (Å²) in [6, 6.07) is 12.3. The first-order valence-electron chi connectivity index (χ1n) is 12.6. The fraction of sp³-hybridized carbons (Fsp3) is 0.448. The number of amides is 3. The summed E-state index contributed by atoms with van der Waals surface area (Å²) in [4.78, 5) is 47.8. The maximum atomic E-state index is 12.8. The number of fused-ring (bicyclic) bond motifs is 1. The van der Waals surface area contributed by atoms with Gasteiger partial charge in [0.2, 0.25) is 5.91 Å². The lowest BCUT2D eigenvalue weighted by Gasteiger charge is -2.42. The van der Waals surface area contributed by atoms with Gasteiger partial charge in [-0.3, -0.25) is 19.2 Å². The number of carbonyl (C=O) groups excluding carboxylic acids is 4. The van der Waals surface area contributed by atoms with E-state index in [1.807, 2.05) is 19.9 Å². The number of rotatable bonds is 7. The standard InChI is InChI=1S/C27H33N3O5.C2H6/c1-26(2)12-13-27(3,4)21-14-19(10-11-20(21)26)30-25(34)18-8-6-17(7-9-18)24(33)29-15-22(31)28-16-23(32)35-5;1-2/h6-11,14H,12-13,15-16H2,1-5H3,(H,28,31)(H,29,33)(H,30,34);1-2H3. The van der Waals surface area contributed by atoms with E-state index in [0.29, 0.717) is 11.1 Å². The van der Waals surface area contributed by atoms with Crippen molar-refractivity contribution in [3.8, 4) is 0 Å². The van der Waals surface area contributed by atoms with Crippen LogP contribution in [0.2, 0.25) is 0 Å². The summed E-state index contributed by atoms with van der Waals surface area (Å²) in [5, 5.41) is 7.76. The second-order valence-electron chi connectivity index (χ2n) is 10.1. The van der Waals surface area contributed by atoms with E-state index in [2.05, 4.69) is 60.5 Å². The lowest BCUT2D eigenvalue weighted by atomic mass is 9.63. The first-order chi connectivity index (χ1) is 17.4. The normalized spacial score (nSPS) is 14.7. The Kier molecular flexibility index (Phi) is 10.00. The summed E-state index contributed by atoms with van der Waals surface area (Å²) in [5.41, 5.74) is 4.17. The molecule has 200 valence electrons. The molecule has 0 aliphatic heterocycles. The van der Waals surface area contributed by atoms with Crippen LogP contribution in [0.5, 0.6) is 0 Å². The quantitative estimate of drug-likeness (QED) is 0.481. The summed E-state index contributed by atoms with van der Waals surface area (Å²) >= 11 is 0. The fourth-order valence-corrected chi connectivity index (χ4v) is 4.21. The molecule has 0 radical (unpaired) electrons. The third kappa shape index (κ3) is 7.65. The summed E-state index contributed by atoms with van der Waals surface area (Å²) in [6.45, 7) is 12.4. The van der Waals surface area contributed by atoms with E-state index in [1.54, 1.807) is 12.1 Å². The third-order valence-electron chi connectivity index (χ3n) is 6.59. The molecule has 8 heteroatoms. The molecule has 0 saturated carbocycles. The number of carbonyl (C=O) groups is 4. The zero-order valence-corrected chi connectivity index (χ0v) is 22.9. The van der Waals surface area contributed by atoms with Gasteiger partial charge < -0.3 is 20.7 Å². The predicted molar refractivity (Wildman–Crippen MR) is 145 cm³/mol. The first-order valence-corrected chi connectivity index (χ1v) is 12.6. The van der Waals surface area contributed by atoms with E-state index in [9.17, 15) is 19.2 Å². The number of hydrogen-bond acceptors (Lipinski definition) is 5. The molecule has 0 bridgehead atoms. The molecule has 3 rings (SSSR count). The molecule has 1 aliphatic carbocycles. The van der Waals surface area contributed by atoms with Crippen LogP contribution in [0.1, 0.15) is 86.2 Å². The van der Waals surface area contributed by atoms with Gasteiger partial charge in [-0.05, 0) is 71.2 Å². The van der Waals surface area contributed by atoms with Crippen molar-refractivity contribution in [3.63, 3.8) is 0 Å². The van der Waals surface area contributed by atoms with Gasteiger partial charge in [-0.1, -0.05) is 47.6 Å². The number of hydrogen-bond donors (Lipinski definition) is 3. The SMILES string of the molecule is CC.COC(=O)CNC(=O)CNC(=O)c1ccc(C(=O)Nc2ccc3c(c2)C(C)(C)CCC3(C)C)cc1. The Hall–Kier alpha value is -3.68. The van der Waals surface area contributed by atoms with Crippen LogP contribution in [-0.4, -0.2) is 43.9 Å². The van der Waals surface area contributed by atoms with Crippen molar-refractivity contribution < 1.29 is 23.9 Å². The maximum absolute atomic E-state index is 12.8. The average molecular weight is 510 g/mol. The molecule has 0 aromatic heterocycles. The third-order valence-corrected chi connectivity index (χ3v) is 6.59. The summed E-state index contributed by atoms with van der Waals surface area (Å²) in [5.74, 6) is -1.84. The van der Waals surface area contributed by atoms with Gasteiger partial charge in [0.1, 0.15) is 6.54 Å². The largest absolute Gasteiger partial charge is 0.468 e. The molecule has 0 fully saturated rings. The van der Waals surface area contributed by atoms with Crippen molar-refractivity contribution in [3.05, 3.63) is 64.7 Å². The molecule has 0 saturated heterocycles. The molecular formula is C29H39N3O5. The van der Waals surface area contributed by atoms with E-state index in [-0.39, 0.29) is 29.8 Å². The molecule has 0 unspecified atom stereocenters. The van der Waals surface area contributed by atoms with Crippen LogP contribution < -0.4 is 16.0 Å². The van der Waals surface area contributed by atoms with Crippen LogP contribution >= 0.6 is 0 Å². The van der Waals surface area contributed by atoms with Crippen molar-refractivity contribution in [2.45, 2.75) is 65.2 Å². The molecule has 2 aromatic carbocycles. The van der Waals surface area contributed by atoms with E-state index in [4.69, 9.17) is 0 Å². The van der Waals surface area contributed by atoms with Crippen LogP contribution in [0.4, 0.5) is 5.69 Å². The first kappa shape index (κ1) is 29.5. The van der Waals surface area contributed by atoms with Gasteiger partial charge in [-0.25, -0.2) is 0 Å². The van der Waals surface area contributed by atoms with Gasteiger partial charge in [0, 0.05) is 16.8 Å². The van der Waals surface area contributed by atoms with E-state index in [1.165, 1.54) is 30.4 Å². The molecule has 0 heterocycles. The Morgan fingerprint density at radius 1 is 0.757 bits per heavy atom. The van der Waals surface area contributed by atoms with Crippen LogP contribution in [0.15, 0.2) is 42.5 Å². The second kappa shape index (κ2) is 12.5. The number of benzene rings is 2. The molecule has 2 aromatic rings.